The third-order valence-corrected chi connectivity index (χ3v) is 3.37. The fourth-order valence-electron chi connectivity index (χ4n) is 2.06. The number of halogens is 2. The minimum atomic E-state index is -2.38. The third kappa shape index (κ3) is 6.61. The van der Waals surface area contributed by atoms with E-state index in [1.807, 2.05) is 13.8 Å². The predicted molar refractivity (Wildman–Crippen MR) is 76.0 cm³/mol. The molecule has 0 saturated heterocycles. The van der Waals surface area contributed by atoms with Gasteiger partial charge in [-0.3, -0.25) is 9.69 Å². The SMILES string of the molecule is CCCNC(C)(CC(C)N(C)CC(F)F)C(=O)OCC. The number of carbonyl (C=O) groups is 1. The average Bonchev–Trinajstić information content (AvgIpc) is 2.35. The summed E-state index contributed by atoms with van der Waals surface area (Å²) in [6.45, 7) is 8.06. The molecule has 0 spiro atoms. The van der Waals surface area contributed by atoms with E-state index in [-0.39, 0.29) is 18.6 Å². The van der Waals surface area contributed by atoms with Crippen molar-refractivity contribution in [2.24, 2.45) is 0 Å². The van der Waals surface area contributed by atoms with E-state index >= 15 is 0 Å². The van der Waals surface area contributed by atoms with Gasteiger partial charge in [0.05, 0.1) is 13.2 Å². The highest BCUT2D eigenvalue weighted by molar-refractivity contribution is 5.80. The maximum Gasteiger partial charge on any atom is 0.326 e. The molecule has 0 aromatic carbocycles. The van der Waals surface area contributed by atoms with Crippen LogP contribution in [0.15, 0.2) is 0 Å². The van der Waals surface area contributed by atoms with Crippen molar-refractivity contribution in [3.05, 3.63) is 0 Å². The van der Waals surface area contributed by atoms with Gasteiger partial charge in [0.25, 0.3) is 6.43 Å². The Morgan fingerprint density at radius 2 is 2.00 bits per heavy atom. The zero-order chi connectivity index (χ0) is 15.8. The van der Waals surface area contributed by atoms with Crippen LogP contribution in [0.4, 0.5) is 8.78 Å². The van der Waals surface area contributed by atoms with Crippen LogP contribution in [0.1, 0.15) is 40.5 Å². The second-order valence-electron chi connectivity index (χ2n) is 5.36. The summed E-state index contributed by atoms with van der Waals surface area (Å²) < 4.78 is 29.9. The molecule has 0 radical (unpaired) electrons. The van der Waals surface area contributed by atoms with Gasteiger partial charge in [-0.15, -0.1) is 0 Å². The number of ether oxygens (including phenoxy) is 1. The lowest BCUT2D eigenvalue weighted by Crippen LogP contribution is -2.54. The van der Waals surface area contributed by atoms with Crippen molar-refractivity contribution in [1.82, 2.24) is 10.2 Å². The number of alkyl halides is 2. The molecule has 2 atom stereocenters. The lowest BCUT2D eigenvalue weighted by Gasteiger charge is -2.34. The molecular formula is C14H28F2N2O2. The first-order valence-corrected chi connectivity index (χ1v) is 7.17. The lowest BCUT2D eigenvalue weighted by atomic mass is 9.92. The second-order valence-corrected chi connectivity index (χ2v) is 5.36. The fourth-order valence-corrected chi connectivity index (χ4v) is 2.06. The molecule has 0 heterocycles. The van der Waals surface area contributed by atoms with E-state index in [1.54, 1.807) is 25.8 Å². The summed E-state index contributed by atoms with van der Waals surface area (Å²) in [4.78, 5) is 13.7. The molecule has 20 heavy (non-hydrogen) atoms. The minimum absolute atomic E-state index is 0.150. The molecular weight excluding hydrogens is 266 g/mol. The van der Waals surface area contributed by atoms with Gasteiger partial charge >= 0.3 is 5.97 Å². The van der Waals surface area contributed by atoms with E-state index in [1.165, 1.54) is 0 Å². The summed E-state index contributed by atoms with van der Waals surface area (Å²) >= 11 is 0. The number of hydrogen-bond acceptors (Lipinski definition) is 4. The molecule has 1 N–H and O–H groups in total. The highest BCUT2D eigenvalue weighted by atomic mass is 19.3. The van der Waals surface area contributed by atoms with Crippen LogP contribution in [0.2, 0.25) is 0 Å². The number of carbonyl (C=O) groups excluding carboxylic acids is 1. The van der Waals surface area contributed by atoms with E-state index in [2.05, 4.69) is 5.32 Å². The van der Waals surface area contributed by atoms with Crippen molar-refractivity contribution in [2.45, 2.75) is 58.5 Å². The van der Waals surface area contributed by atoms with E-state index in [0.717, 1.165) is 6.42 Å². The standard InChI is InChI=1S/C14H28F2N2O2/c1-6-8-17-14(4,13(19)20-7-2)9-11(3)18(5)10-12(15)16/h11-12,17H,6-10H2,1-5H3. The van der Waals surface area contributed by atoms with E-state index in [9.17, 15) is 13.6 Å². The van der Waals surface area contributed by atoms with Crippen LogP contribution in [-0.4, -0.2) is 55.6 Å². The molecule has 4 nitrogen and oxygen atoms in total. The number of esters is 1. The molecule has 0 bridgehead atoms. The first-order valence-electron chi connectivity index (χ1n) is 7.17. The molecule has 0 aliphatic heterocycles. The van der Waals surface area contributed by atoms with E-state index < -0.39 is 12.0 Å². The second kappa shape index (κ2) is 9.23. The van der Waals surface area contributed by atoms with Crippen molar-refractivity contribution in [3.63, 3.8) is 0 Å². The molecule has 0 aliphatic rings. The van der Waals surface area contributed by atoms with E-state index in [0.29, 0.717) is 19.6 Å². The van der Waals surface area contributed by atoms with E-state index in [4.69, 9.17) is 4.74 Å². The Balaban J connectivity index is 4.74. The quantitative estimate of drug-likeness (QED) is 0.628. The molecule has 0 aromatic rings. The smallest absolute Gasteiger partial charge is 0.326 e. The number of nitrogens with one attached hydrogen (secondary N) is 1. The van der Waals surface area contributed by atoms with Crippen LogP contribution in [0.3, 0.4) is 0 Å². The zero-order valence-corrected chi connectivity index (χ0v) is 13.2. The first kappa shape index (κ1) is 19.2. The van der Waals surface area contributed by atoms with Crippen LogP contribution in [0.25, 0.3) is 0 Å². The molecule has 0 rings (SSSR count). The summed E-state index contributed by atoms with van der Waals surface area (Å²) in [6, 6.07) is -0.150. The van der Waals surface area contributed by atoms with Crippen molar-refractivity contribution >= 4 is 5.97 Å². The first-order chi connectivity index (χ1) is 9.26. The molecule has 0 saturated carbocycles. The summed E-state index contributed by atoms with van der Waals surface area (Å²) in [5.74, 6) is -0.328. The summed E-state index contributed by atoms with van der Waals surface area (Å²) in [5.41, 5.74) is -0.845. The van der Waals surface area contributed by atoms with Gasteiger partial charge < -0.3 is 10.1 Å². The largest absolute Gasteiger partial charge is 0.465 e. The van der Waals surface area contributed by atoms with Crippen LogP contribution < -0.4 is 5.32 Å². The molecule has 6 heteroatoms. The molecule has 120 valence electrons. The summed E-state index contributed by atoms with van der Waals surface area (Å²) in [5, 5.41) is 3.18. The Hall–Kier alpha value is -0.750. The number of rotatable bonds is 10. The molecule has 2 unspecified atom stereocenters. The summed E-state index contributed by atoms with van der Waals surface area (Å²) in [6.07, 6.45) is -1.06. The van der Waals surface area contributed by atoms with Gasteiger partial charge in [0.15, 0.2) is 0 Å². The Labute approximate surface area is 120 Å². The third-order valence-electron chi connectivity index (χ3n) is 3.37. The van der Waals surface area contributed by atoms with Crippen LogP contribution in [0, 0.1) is 0 Å². The highest BCUT2D eigenvalue weighted by Gasteiger charge is 2.36. The van der Waals surface area contributed by atoms with Crippen molar-refractivity contribution in [2.75, 3.05) is 26.7 Å². The molecule has 0 aliphatic carbocycles. The van der Waals surface area contributed by atoms with Gasteiger partial charge in [-0.05, 0) is 47.2 Å². The lowest BCUT2D eigenvalue weighted by molar-refractivity contribution is -0.151. The van der Waals surface area contributed by atoms with Crippen LogP contribution >= 0.6 is 0 Å². The minimum Gasteiger partial charge on any atom is -0.465 e. The Morgan fingerprint density at radius 3 is 2.45 bits per heavy atom. The van der Waals surface area contributed by atoms with Crippen LogP contribution in [-0.2, 0) is 9.53 Å². The Morgan fingerprint density at radius 1 is 1.40 bits per heavy atom. The monoisotopic (exact) mass is 294 g/mol. The molecule has 0 aromatic heterocycles. The number of hydrogen-bond donors (Lipinski definition) is 1. The Bertz CT molecular complexity index is 290. The summed E-state index contributed by atoms with van der Waals surface area (Å²) in [7, 11) is 1.64. The van der Waals surface area contributed by atoms with Gasteiger partial charge in [-0.25, -0.2) is 8.78 Å². The Kier molecular flexibility index (Phi) is 8.89. The maximum absolute atomic E-state index is 12.4. The van der Waals surface area contributed by atoms with Gasteiger partial charge in [-0.2, -0.15) is 0 Å². The predicted octanol–water partition coefficient (Wildman–Crippen LogP) is 2.28. The normalized spacial score (nSPS) is 16.2. The van der Waals surface area contributed by atoms with Gasteiger partial charge in [0, 0.05) is 6.04 Å². The maximum atomic E-state index is 12.4. The van der Waals surface area contributed by atoms with Crippen molar-refractivity contribution < 1.29 is 18.3 Å². The topological polar surface area (TPSA) is 41.6 Å². The van der Waals surface area contributed by atoms with Gasteiger partial charge in [-0.1, -0.05) is 6.92 Å². The number of nitrogens with zero attached hydrogens (tertiary/aromatic N) is 1. The van der Waals surface area contributed by atoms with Crippen molar-refractivity contribution in [3.8, 4) is 0 Å². The highest BCUT2D eigenvalue weighted by Crippen LogP contribution is 2.18. The van der Waals surface area contributed by atoms with Crippen LogP contribution in [0.5, 0.6) is 0 Å². The average molecular weight is 294 g/mol. The zero-order valence-electron chi connectivity index (χ0n) is 13.2. The van der Waals surface area contributed by atoms with Gasteiger partial charge in [0.2, 0.25) is 0 Å². The van der Waals surface area contributed by atoms with Crippen molar-refractivity contribution in [1.29, 1.82) is 0 Å². The fraction of sp³-hybridized carbons (Fsp3) is 0.929. The van der Waals surface area contributed by atoms with Gasteiger partial charge in [0.1, 0.15) is 5.54 Å². The molecule has 0 amide bonds. The molecule has 0 fully saturated rings.